The second-order valence-corrected chi connectivity index (χ2v) is 11.1. The Balaban J connectivity index is 1.41. The Morgan fingerprint density at radius 3 is 2.27 bits per heavy atom. The Morgan fingerprint density at radius 2 is 1.55 bits per heavy atom. The molecule has 3 aromatic carbocycles. The van der Waals surface area contributed by atoms with Crippen molar-refractivity contribution < 1.29 is 17.9 Å². The number of unbranched alkanes of at least 4 members (excludes halogenated alkanes) is 4. The topological polar surface area (TPSA) is 9.23 Å². The van der Waals surface area contributed by atoms with Gasteiger partial charge >= 0.3 is 0 Å². The third-order valence-corrected chi connectivity index (χ3v) is 8.17. The minimum atomic E-state index is -0.818. The van der Waals surface area contributed by atoms with Crippen molar-refractivity contribution in [3.05, 3.63) is 95.3 Å². The van der Waals surface area contributed by atoms with Crippen LogP contribution in [-0.2, 0) is 11.2 Å². The lowest BCUT2D eigenvalue weighted by molar-refractivity contribution is 0.0382. The lowest BCUT2D eigenvalue weighted by atomic mass is 9.95. The quantitative estimate of drug-likeness (QED) is 0.162. The lowest BCUT2D eigenvalue weighted by Crippen LogP contribution is -2.09. The summed E-state index contributed by atoms with van der Waals surface area (Å²) in [5.74, 6) is -1.33. The molecule has 1 fully saturated rings. The Morgan fingerprint density at radius 1 is 0.825 bits per heavy atom. The van der Waals surface area contributed by atoms with E-state index in [4.69, 9.17) is 4.74 Å². The monoisotopic (exact) mass is 548 g/mol. The Kier molecular flexibility index (Phi) is 11.5. The van der Waals surface area contributed by atoms with E-state index in [0.717, 1.165) is 63.4 Å². The summed E-state index contributed by atoms with van der Waals surface area (Å²) in [6.45, 7) is 4.91. The van der Waals surface area contributed by atoms with Crippen molar-refractivity contribution in [1.29, 1.82) is 0 Å². The number of benzene rings is 3. The fraction of sp³-hybridized carbons (Fsp3) is 0.444. The summed E-state index contributed by atoms with van der Waals surface area (Å²) >= 11 is 0. The summed E-state index contributed by atoms with van der Waals surface area (Å²) < 4.78 is 51.2. The number of hydrogen-bond acceptors (Lipinski definition) is 1. The van der Waals surface area contributed by atoms with Gasteiger partial charge in [0.25, 0.3) is 0 Å². The molecule has 4 rings (SSSR count). The van der Waals surface area contributed by atoms with Gasteiger partial charge in [0.05, 0.1) is 12.7 Å². The first-order valence-electron chi connectivity index (χ1n) is 15.1. The molecule has 1 aliphatic heterocycles. The first-order valence-corrected chi connectivity index (χ1v) is 15.1. The van der Waals surface area contributed by atoms with Crippen LogP contribution >= 0.6 is 0 Å². The smallest absolute Gasteiger partial charge is 0.166 e. The highest BCUT2D eigenvalue weighted by Crippen LogP contribution is 2.34. The van der Waals surface area contributed by atoms with Crippen LogP contribution in [-0.4, -0.2) is 6.61 Å². The summed E-state index contributed by atoms with van der Waals surface area (Å²) in [6, 6.07) is 15.7. The number of rotatable bonds is 12. The van der Waals surface area contributed by atoms with Crippen molar-refractivity contribution in [1.82, 2.24) is 0 Å². The molecule has 3 aromatic rings. The van der Waals surface area contributed by atoms with E-state index >= 15 is 4.39 Å². The number of halogens is 3. The first-order chi connectivity index (χ1) is 19.5. The zero-order valence-electron chi connectivity index (χ0n) is 24.0. The van der Waals surface area contributed by atoms with Gasteiger partial charge in [0, 0.05) is 11.1 Å². The minimum absolute atomic E-state index is 0.0881. The number of aryl methyl sites for hydroxylation is 1. The summed E-state index contributed by atoms with van der Waals surface area (Å²) in [5, 5.41) is 0. The van der Waals surface area contributed by atoms with Gasteiger partial charge in [-0.2, -0.15) is 0 Å². The van der Waals surface area contributed by atoms with Crippen LogP contribution in [0.2, 0.25) is 0 Å². The molecule has 0 saturated carbocycles. The van der Waals surface area contributed by atoms with Gasteiger partial charge in [0.15, 0.2) is 11.6 Å². The van der Waals surface area contributed by atoms with Crippen LogP contribution in [0.25, 0.3) is 22.3 Å². The molecular weight excluding hydrogens is 505 g/mol. The summed E-state index contributed by atoms with van der Waals surface area (Å²) in [6.07, 6.45) is 15.4. The molecule has 0 amide bonds. The normalized spacial score (nSPS) is 17.8. The van der Waals surface area contributed by atoms with Crippen LogP contribution in [0.3, 0.4) is 0 Å². The zero-order chi connectivity index (χ0) is 28.3. The summed E-state index contributed by atoms with van der Waals surface area (Å²) in [4.78, 5) is 0. The third-order valence-electron chi connectivity index (χ3n) is 8.17. The van der Waals surface area contributed by atoms with Gasteiger partial charge in [-0.25, -0.2) is 13.2 Å². The molecule has 1 aliphatic rings. The maximum absolute atomic E-state index is 15.3. The Hall–Kier alpha value is -2.85. The standard InChI is InChI=1S/C36H43F3O/c1-3-5-7-8-10-14-29-20-23-32(36(39)35(29)38)28-18-16-27(17-19-28)31-22-21-30(24-33(31)37)34-15-11-13-26(25-40-34)12-9-6-4-2/h4,6,16-24,26,34H,3,5,7-15,25H2,1-2H3/b6-4+. The van der Waals surface area contributed by atoms with E-state index in [1.54, 1.807) is 48.5 Å². The fourth-order valence-corrected chi connectivity index (χ4v) is 5.72. The third kappa shape index (κ3) is 7.87. The maximum Gasteiger partial charge on any atom is 0.166 e. The molecular formula is C36H43F3O. The van der Waals surface area contributed by atoms with E-state index in [1.165, 1.54) is 6.42 Å². The van der Waals surface area contributed by atoms with Crippen LogP contribution in [0.5, 0.6) is 0 Å². The van der Waals surface area contributed by atoms with Gasteiger partial charge in [-0.3, -0.25) is 0 Å². The van der Waals surface area contributed by atoms with E-state index in [9.17, 15) is 8.78 Å². The predicted octanol–water partition coefficient (Wildman–Crippen LogP) is 11.2. The molecule has 2 atom stereocenters. The van der Waals surface area contributed by atoms with Gasteiger partial charge in [0.1, 0.15) is 5.82 Å². The second-order valence-electron chi connectivity index (χ2n) is 11.1. The average Bonchev–Trinajstić information content (AvgIpc) is 3.21. The fourth-order valence-electron chi connectivity index (χ4n) is 5.72. The highest BCUT2D eigenvalue weighted by Gasteiger charge is 2.22. The van der Waals surface area contributed by atoms with E-state index in [2.05, 4.69) is 19.1 Å². The van der Waals surface area contributed by atoms with Crippen molar-refractivity contribution in [2.45, 2.75) is 90.6 Å². The molecule has 214 valence electrons. The molecule has 1 saturated heterocycles. The molecule has 1 heterocycles. The Labute approximate surface area is 238 Å². The maximum atomic E-state index is 15.3. The Bertz CT molecular complexity index is 1250. The number of hydrogen-bond donors (Lipinski definition) is 0. The van der Waals surface area contributed by atoms with Gasteiger partial charge < -0.3 is 4.74 Å². The van der Waals surface area contributed by atoms with Crippen LogP contribution < -0.4 is 0 Å². The summed E-state index contributed by atoms with van der Waals surface area (Å²) in [5.41, 5.74) is 3.28. The molecule has 0 aromatic heterocycles. The van der Waals surface area contributed by atoms with Gasteiger partial charge in [-0.15, -0.1) is 0 Å². The highest BCUT2D eigenvalue weighted by molar-refractivity contribution is 5.71. The van der Waals surface area contributed by atoms with Crippen LogP contribution in [0, 0.1) is 23.4 Å². The highest BCUT2D eigenvalue weighted by atomic mass is 19.2. The zero-order valence-corrected chi connectivity index (χ0v) is 24.0. The lowest BCUT2D eigenvalue weighted by Gasteiger charge is -2.18. The first kappa shape index (κ1) is 30.1. The van der Waals surface area contributed by atoms with Crippen LogP contribution in [0.4, 0.5) is 13.2 Å². The molecule has 1 nitrogen and oxygen atoms in total. The predicted molar refractivity (Wildman–Crippen MR) is 160 cm³/mol. The number of allylic oxidation sites excluding steroid dienone is 2. The largest absolute Gasteiger partial charge is 0.373 e. The van der Waals surface area contributed by atoms with Crippen LogP contribution in [0.1, 0.15) is 95.3 Å². The van der Waals surface area contributed by atoms with Crippen molar-refractivity contribution in [2.24, 2.45) is 5.92 Å². The van der Waals surface area contributed by atoms with Crippen molar-refractivity contribution >= 4 is 0 Å². The van der Waals surface area contributed by atoms with Crippen LogP contribution in [0.15, 0.2) is 66.7 Å². The van der Waals surface area contributed by atoms with Crippen molar-refractivity contribution in [3.8, 4) is 22.3 Å². The van der Waals surface area contributed by atoms with Gasteiger partial charge in [-0.1, -0.05) is 99.7 Å². The van der Waals surface area contributed by atoms with Crippen molar-refractivity contribution in [2.75, 3.05) is 6.61 Å². The molecule has 0 bridgehead atoms. The second kappa shape index (κ2) is 15.2. The molecule has 0 spiro atoms. The molecule has 2 unspecified atom stereocenters. The van der Waals surface area contributed by atoms with E-state index in [0.29, 0.717) is 41.2 Å². The van der Waals surface area contributed by atoms with E-state index in [1.807, 2.05) is 13.0 Å². The summed E-state index contributed by atoms with van der Waals surface area (Å²) in [7, 11) is 0. The SMILES string of the molecule is C/C=C/CCC1CCCC(c2ccc(-c3ccc(-c4ccc(CCCCCCC)c(F)c4F)cc3)c(F)c2)OC1. The molecule has 0 aliphatic carbocycles. The molecule has 4 heteroatoms. The molecule has 40 heavy (non-hydrogen) atoms. The molecule has 0 N–H and O–H groups in total. The minimum Gasteiger partial charge on any atom is -0.373 e. The molecule has 0 radical (unpaired) electrons. The van der Waals surface area contributed by atoms with E-state index < -0.39 is 11.6 Å². The van der Waals surface area contributed by atoms with Crippen molar-refractivity contribution in [3.63, 3.8) is 0 Å². The van der Waals surface area contributed by atoms with E-state index in [-0.39, 0.29) is 17.5 Å². The van der Waals surface area contributed by atoms with Gasteiger partial charge in [-0.05, 0) is 79.7 Å². The average molecular weight is 549 g/mol. The van der Waals surface area contributed by atoms with Gasteiger partial charge in [0.2, 0.25) is 0 Å². The number of ether oxygens (including phenoxy) is 1.